The van der Waals surface area contributed by atoms with Gasteiger partial charge in [-0.15, -0.1) is 0 Å². The third kappa shape index (κ3) is 3.33. The number of carbonyl (C=O) groups is 1. The minimum atomic E-state index is -0.114. The van der Waals surface area contributed by atoms with Crippen LogP contribution in [0.2, 0.25) is 0 Å². The summed E-state index contributed by atoms with van der Waals surface area (Å²) in [4.78, 5) is 16.2. The first kappa shape index (κ1) is 14.0. The topological polar surface area (TPSA) is 80.0 Å². The fourth-order valence-corrected chi connectivity index (χ4v) is 1.85. The summed E-state index contributed by atoms with van der Waals surface area (Å²) >= 11 is 0. The molecule has 0 spiro atoms. The van der Waals surface area contributed by atoms with Crippen LogP contribution in [0.4, 0.5) is 5.69 Å². The lowest BCUT2D eigenvalue weighted by molar-refractivity contribution is 0.0951. The molecule has 0 aliphatic heterocycles. The number of carbonyl (C=O) groups excluding carboxylic acids is 1. The summed E-state index contributed by atoms with van der Waals surface area (Å²) in [6.45, 7) is 4.29. The highest BCUT2D eigenvalue weighted by atomic mass is 16.1. The quantitative estimate of drug-likeness (QED) is 0.585. The van der Waals surface area contributed by atoms with Crippen molar-refractivity contribution in [1.82, 2.24) is 10.3 Å². The zero-order valence-corrected chi connectivity index (χ0v) is 11.6. The Hall–Kier alpha value is -2.40. The fraction of sp³-hybridized carbons (Fsp3) is 0.200. The lowest BCUT2D eigenvalue weighted by Crippen LogP contribution is -2.23. The third-order valence-corrected chi connectivity index (χ3v) is 3.07. The Morgan fingerprint density at radius 3 is 2.65 bits per heavy atom. The van der Waals surface area contributed by atoms with E-state index in [-0.39, 0.29) is 5.91 Å². The number of amides is 1. The Morgan fingerprint density at radius 2 is 2.05 bits per heavy atom. The number of benzene rings is 1. The number of rotatable bonds is 4. The van der Waals surface area contributed by atoms with Crippen LogP contribution in [-0.4, -0.2) is 10.9 Å². The van der Waals surface area contributed by atoms with Crippen LogP contribution in [0.15, 0.2) is 36.5 Å². The van der Waals surface area contributed by atoms with E-state index < -0.39 is 0 Å². The van der Waals surface area contributed by atoms with Crippen LogP contribution in [-0.2, 0) is 6.54 Å². The molecule has 1 aromatic carbocycles. The Labute approximate surface area is 118 Å². The van der Waals surface area contributed by atoms with E-state index in [0.717, 1.165) is 22.5 Å². The fourth-order valence-electron chi connectivity index (χ4n) is 1.85. The summed E-state index contributed by atoms with van der Waals surface area (Å²) in [5.41, 5.74) is 6.87. The number of anilines is 1. The molecule has 5 nitrogen and oxygen atoms in total. The van der Waals surface area contributed by atoms with Gasteiger partial charge in [0.2, 0.25) is 0 Å². The van der Waals surface area contributed by atoms with Gasteiger partial charge in [0, 0.05) is 24.0 Å². The first-order valence-electron chi connectivity index (χ1n) is 6.37. The van der Waals surface area contributed by atoms with Crippen molar-refractivity contribution in [3.05, 3.63) is 58.9 Å². The van der Waals surface area contributed by atoms with E-state index in [4.69, 9.17) is 5.84 Å². The number of nitrogens with one attached hydrogen (secondary N) is 2. The Balaban J connectivity index is 2.01. The third-order valence-electron chi connectivity index (χ3n) is 3.07. The molecule has 2 aromatic rings. The molecule has 0 bridgehead atoms. The Kier molecular flexibility index (Phi) is 4.32. The van der Waals surface area contributed by atoms with Crippen molar-refractivity contribution in [3.63, 3.8) is 0 Å². The monoisotopic (exact) mass is 270 g/mol. The van der Waals surface area contributed by atoms with Crippen LogP contribution in [0, 0.1) is 13.8 Å². The number of aryl methyl sites for hydroxylation is 2. The first-order chi connectivity index (χ1) is 9.60. The van der Waals surface area contributed by atoms with Gasteiger partial charge in [-0.2, -0.15) is 0 Å². The van der Waals surface area contributed by atoms with Crippen molar-refractivity contribution in [2.24, 2.45) is 5.84 Å². The molecule has 2 rings (SSSR count). The second kappa shape index (κ2) is 6.16. The van der Waals surface area contributed by atoms with Crippen molar-refractivity contribution in [2.75, 3.05) is 5.43 Å². The average molecular weight is 270 g/mol. The predicted octanol–water partition coefficient (Wildman–Crippen LogP) is 1.91. The van der Waals surface area contributed by atoms with Gasteiger partial charge in [-0.25, -0.2) is 0 Å². The molecule has 104 valence electrons. The standard InChI is InChI=1S/C15H18N4O/c1-10-7-13(5-6-14(10)19-16)15(20)18-9-12-4-3-11(2)17-8-12/h3-8,19H,9,16H2,1-2H3,(H,18,20). The number of hydrogen-bond acceptors (Lipinski definition) is 4. The lowest BCUT2D eigenvalue weighted by atomic mass is 10.1. The summed E-state index contributed by atoms with van der Waals surface area (Å²) in [7, 11) is 0. The molecule has 0 atom stereocenters. The Morgan fingerprint density at radius 1 is 1.25 bits per heavy atom. The van der Waals surface area contributed by atoms with E-state index in [9.17, 15) is 4.79 Å². The van der Waals surface area contributed by atoms with Crippen LogP contribution in [0.5, 0.6) is 0 Å². The van der Waals surface area contributed by atoms with Crippen LogP contribution in [0.1, 0.15) is 27.2 Å². The van der Waals surface area contributed by atoms with E-state index in [1.165, 1.54) is 0 Å². The number of pyridine rings is 1. The summed E-state index contributed by atoms with van der Waals surface area (Å²) in [5, 5.41) is 2.87. The zero-order valence-electron chi connectivity index (χ0n) is 11.6. The summed E-state index contributed by atoms with van der Waals surface area (Å²) in [6, 6.07) is 9.21. The molecular weight excluding hydrogens is 252 g/mol. The van der Waals surface area contributed by atoms with Crippen molar-refractivity contribution in [2.45, 2.75) is 20.4 Å². The first-order valence-corrected chi connectivity index (χ1v) is 6.37. The number of nitrogens with two attached hydrogens (primary N) is 1. The van der Waals surface area contributed by atoms with E-state index in [1.54, 1.807) is 24.4 Å². The van der Waals surface area contributed by atoms with Crippen molar-refractivity contribution >= 4 is 11.6 Å². The zero-order chi connectivity index (χ0) is 14.5. The highest BCUT2D eigenvalue weighted by molar-refractivity contribution is 5.94. The number of hydrogen-bond donors (Lipinski definition) is 3. The maximum atomic E-state index is 12.1. The number of nitrogen functional groups attached to an aromatic ring is 1. The van der Waals surface area contributed by atoms with Crippen molar-refractivity contribution < 1.29 is 4.79 Å². The largest absolute Gasteiger partial charge is 0.348 e. The van der Waals surface area contributed by atoms with E-state index in [0.29, 0.717) is 12.1 Å². The summed E-state index contributed by atoms with van der Waals surface area (Å²) < 4.78 is 0. The van der Waals surface area contributed by atoms with Crippen LogP contribution in [0.3, 0.4) is 0 Å². The molecule has 0 unspecified atom stereocenters. The van der Waals surface area contributed by atoms with Gasteiger partial charge in [-0.3, -0.25) is 15.6 Å². The van der Waals surface area contributed by atoms with E-state index in [2.05, 4.69) is 15.7 Å². The average Bonchev–Trinajstić information content (AvgIpc) is 2.46. The molecule has 1 amide bonds. The molecule has 0 aliphatic rings. The summed E-state index contributed by atoms with van der Waals surface area (Å²) in [5.74, 6) is 5.25. The van der Waals surface area contributed by atoms with Gasteiger partial charge >= 0.3 is 0 Å². The minimum absolute atomic E-state index is 0.114. The van der Waals surface area contributed by atoms with Crippen molar-refractivity contribution in [3.8, 4) is 0 Å². The molecule has 1 aromatic heterocycles. The normalized spacial score (nSPS) is 10.2. The maximum absolute atomic E-state index is 12.1. The number of aromatic nitrogens is 1. The van der Waals surface area contributed by atoms with Gasteiger partial charge in [-0.05, 0) is 49.2 Å². The second-order valence-corrected chi connectivity index (χ2v) is 4.66. The molecule has 0 saturated heterocycles. The van der Waals surface area contributed by atoms with Gasteiger partial charge < -0.3 is 10.7 Å². The van der Waals surface area contributed by atoms with Crippen LogP contribution in [0.25, 0.3) is 0 Å². The second-order valence-electron chi connectivity index (χ2n) is 4.66. The Bertz CT molecular complexity index is 608. The molecule has 0 aliphatic carbocycles. The molecule has 0 fully saturated rings. The highest BCUT2D eigenvalue weighted by Gasteiger charge is 2.07. The molecule has 5 heteroatoms. The molecule has 4 N–H and O–H groups in total. The number of nitrogens with zero attached hydrogens (tertiary/aromatic N) is 1. The summed E-state index contributed by atoms with van der Waals surface area (Å²) in [6.07, 6.45) is 1.77. The van der Waals surface area contributed by atoms with Crippen LogP contribution < -0.4 is 16.6 Å². The van der Waals surface area contributed by atoms with E-state index in [1.807, 2.05) is 26.0 Å². The van der Waals surface area contributed by atoms with Gasteiger partial charge in [0.05, 0.1) is 5.69 Å². The maximum Gasteiger partial charge on any atom is 0.251 e. The van der Waals surface area contributed by atoms with Gasteiger partial charge in [0.1, 0.15) is 0 Å². The van der Waals surface area contributed by atoms with Crippen molar-refractivity contribution in [1.29, 1.82) is 0 Å². The smallest absolute Gasteiger partial charge is 0.251 e. The molecular formula is C15H18N4O. The molecule has 0 saturated carbocycles. The van der Waals surface area contributed by atoms with Gasteiger partial charge in [0.25, 0.3) is 5.91 Å². The van der Waals surface area contributed by atoms with Gasteiger partial charge in [-0.1, -0.05) is 6.07 Å². The van der Waals surface area contributed by atoms with E-state index >= 15 is 0 Å². The molecule has 0 radical (unpaired) electrons. The minimum Gasteiger partial charge on any atom is -0.348 e. The van der Waals surface area contributed by atoms with Crippen LogP contribution >= 0.6 is 0 Å². The predicted molar refractivity (Wildman–Crippen MR) is 79.1 cm³/mol. The lowest BCUT2D eigenvalue weighted by Gasteiger charge is -2.09. The van der Waals surface area contributed by atoms with Gasteiger partial charge in [0.15, 0.2) is 0 Å². The highest BCUT2D eigenvalue weighted by Crippen LogP contribution is 2.15. The number of hydrazine groups is 1. The SMILES string of the molecule is Cc1ccc(CNC(=O)c2ccc(NN)c(C)c2)cn1. The molecule has 20 heavy (non-hydrogen) atoms. The molecule has 1 heterocycles.